The zero-order valence-corrected chi connectivity index (χ0v) is 14.1. The van der Waals surface area contributed by atoms with Crippen molar-refractivity contribution in [3.05, 3.63) is 47.3 Å². The molecule has 3 rings (SSSR count). The molecule has 5 nitrogen and oxygen atoms in total. The number of hydrogen-bond donors (Lipinski definition) is 0. The zero-order chi connectivity index (χ0) is 17.1. The number of hydrogen-bond acceptors (Lipinski definition) is 5. The lowest BCUT2D eigenvalue weighted by Gasteiger charge is -2.07. The van der Waals surface area contributed by atoms with Gasteiger partial charge in [0.05, 0.1) is 18.7 Å². The minimum Gasteiger partial charge on any atom is -0.497 e. The van der Waals surface area contributed by atoms with E-state index in [0.717, 1.165) is 11.1 Å². The Morgan fingerprint density at radius 3 is 2.79 bits per heavy atom. The number of nitrogens with zero attached hydrogens (tertiary/aromatic N) is 1. The van der Waals surface area contributed by atoms with Crippen LogP contribution < -0.4 is 4.74 Å². The topological polar surface area (TPSA) is 61.6 Å². The molecule has 0 fully saturated rings. The molecule has 0 aliphatic heterocycles. The number of carbonyl (C=O) groups excluding carboxylic acids is 1. The largest absolute Gasteiger partial charge is 0.497 e. The van der Waals surface area contributed by atoms with E-state index in [9.17, 15) is 4.79 Å². The number of fused-ring (bicyclic) bond motifs is 1. The van der Waals surface area contributed by atoms with Crippen molar-refractivity contribution in [3.8, 4) is 16.9 Å². The number of carbonyl (C=O) groups is 1. The highest BCUT2D eigenvalue weighted by atomic mass is 35.5. The smallest absolute Gasteiger partial charge is 0.315 e. The Morgan fingerprint density at radius 1 is 1.25 bits per heavy atom. The fraction of sp³-hybridized carbons (Fsp3) is 0.222. The number of methoxy groups -OCH3 is 1. The highest BCUT2D eigenvalue weighted by Gasteiger charge is 2.16. The maximum Gasteiger partial charge on any atom is 0.315 e. The summed E-state index contributed by atoms with van der Waals surface area (Å²) in [7, 11) is 1.59. The van der Waals surface area contributed by atoms with E-state index in [1.54, 1.807) is 20.1 Å². The van der Waals surface area contributed by atoms with Crippen LogP contribution in [0.25, 0.3) is 22.2 Å². The predicted octanol–water partition coefficient (Wildman–Crippen LogP) is 4.26. The van der Waals surface area contributed by atoms with Crippen LogP contribution >= 0.6 is 11.6 Å². The molecule has 0 radical (unpaired) electrons. The lowest BCUT2D eigenvalue weighted by molar-refractivity contribution is -0.142. The van der Waals surface area contributed by atoms with Crippen LogP contribution in [0.3, 0.4) is 0 Å². The van der Waals surface area contributed by atoms with Crippen LogP contribution in [0.1, 0.15) is 12.8 Å². The van der Waals surface area contributed by atoms with Crippen molar-refractivity contribution in [2.75, 3.05) is 13.7 Å². The first kappa shape index (κ1) is 16.3. The van der Waals surface area contributed by atoms with Crippen LogP contribution in [0.5, 0.6) is 5.75 Å². The van der Waals surface area contributed by atoms with Gasteiger partial charge in [-0.15, -0.1) is 0 Å². The van der Waals surface area contributed by atoms with Gasteiger partial charge in [0.15, 0.2) is 5.58 Å². The number of esters is 1. The van der Waals surface area contributed by atoms with Gasteiger partial charge in [-0.05, 0) is 31.2 Å². The minimum atomic E-state index is -0.368. The number of para-hydroxylation sites is 1. The number of benzene rings is 2. The number of halogens is 1. The third-order valence-electron chi connectivity index (χ3n) is 3.53. The SMILES string of the molecule is CCOC(=O)Cc1nc2cccc(-c3ccc(OC)cc3Cl)c2o1. The third kappa shape index (κ3) is 3.21. The molecule has 2 aromatic carbocycles. The fourth-order valence-electron chi connectivity index (χ4n) is 2.46. The lowest BCUT2D eigenvalue weighted by Crippen LogP contribution is -2.07. The molecule has 6 heteroatoms. The van der Waals surface area contributed by atoms with Crippen LogP contribution in [0.4, 0.5) is 0 Å². The van der Waals surface area contributed by atoms with Crippen molar-refractivity contribution in [2.24, 2.45) is 0 Å². The van der Waals surface area contributed by atoms with E-state index < -0.39 is 0 Å². The van der Waals surface area contributed by atoms with E-state index in [4.69, 9.17) is 25.5 Å². The molecule has 0 saturated carbocycles. The van der Waals surface area contributed by atoms with Gasteiger partial charge in [-0.3, -0.25) is 4.79 Å². The summed E-state index contributed by atoms with van der Waals surface area (Å²) in [6.07, 6.45) is -0.00168. The Morgan fingerprint density at radius 2 is 2.08 bits per heavy atom. The van der Waals surface area contributed by atoms with Crippen molar-refractivity contribution in [1.29, 1.82) is 0 Å². The summed E-state index contributed by atoms with van der Waals surface area (Å²) in [6.45, 7) is 2.08. The molecule has 0 saturated heterocycles. The molecule has 0 atom stereocenters. The molecule has 0 spiro atoms. The third-order valence-corrected chi connectivity index (χ3v) is 3.84. The minimum absolute atomic E-state index is 0.00168. The maximum absolute atomic E-state index is 11.6. The van der Waals surface area contributed by atoms with Crippen LogP contribution in [0.15, 0.2) is 40.8 Å². The van der Waals surface area contributed by atoms with E-state index in [1.807, 2.05) is 30.3 Å². The highest BCUT2D eigenvalue weighted by Crippen LogP contribution is 2.35. The van der Waals surface area contributed by atoms with Crippen LogP contribution in [-0.4, -0.2) is 24.7 Å². The lowest BCUT2D eigenvalue weighted by atomic mass is 10.0. The number of aromatic nitrogens is 1. The Labute approximate surface area is 144 Å². The molecule has 0 bridgehead atoms. The van der Waals surface area contributed by atoms with E-state index in [0.29, 0.717) is 34.4 Å². The molecule has 0 aliphatic carbocycles. The molecule has 0 amide bonds. The van der Waals surface area contributed by atoms with E-state index in [2.05, 4.69) is 4.98 Å². The van der Waals surface area contributed by atoms with Gasteiger partial charge in [0.1, 0.15) is 17.7 Å². The Hall–Kier alpha value is -2.53. The summed E-state index contributed by atoms with van der Waals surface area (Å²) >= 11 is 6.36. The first-order valence-corrected chi connectivity index (χ1v) is 7.88. The summed E-state index contributed by atoms with van der Waals surface area (Å²) in [6, 6.07) is 11.0. The van der Waals surface area contributed by atoms with E-state index >= 15 is 0 Å². The summed E-state index contributed by atoms with van der Waals surface area (Å²) in [4.78, 5) is 16.0. The fourth-order valence-corrected chi connectivity index (χ4v) is 2.73. The summed E-state index contributed by atoms with van der Waals surface area (Å²) < 4.78 is 15.9. The average molecular weight is 346 g/mol. The average Bonchev–Trinajstić information content (AvgIpc) is 2.97. The number of ether oxygens (including phenoxy) is 2. The zero-order valence-electron chi connectivity index (χ0n) is 13.3. The van der Waals surface area contributed by atoms with Crippen LogP contribution in [0.2, 0.25) is 5.02 Å². The van der Waals surface area contributed by atoms with Crippen molar-refractivity contribution in [2.45, 2.75) is 13.3 Å². The molecule has 124 valence electrons. The van der Waals surface area contributed by atoms with Crippen LogP contribution in [0, 0.1) is 0 Å². The molecule has 24 heavy (non-hydrogen) atoms. The van der Waals surface area contributed by atoms with Gasteiger partial charge in [-0.1, -0.05) is 23.7 Å². The van der Waals surface area contributed by atoms with Gasteiger partial charge < -0.3 is 13.9 Å². The van der Waals surface area contributed by atoms with Crippen LogP contribution in [-0.2, 0) is 16.0 Å². The van der Waals surface area contributed by atoms with Crippen molar-refractivity contribution in [1.82, 2.24) is 4.98 Å². The summed E-state index contributed by atoms with van der Waals surface area (Å²) in [5.41, 5.74) is 2.87. The van der Waals surface area contributed by atoms with Gasteiger partial charge in [-0.2, -0.15) is 0 Å². The second-order valence-electron chi connectivity index (χ2n) is 5.09. The van der Waals surface area contributed by atoms with Gasteiger partial charge in [-0.25, -0.2) is 4.98 Å². The molecule has 3 aromatic rings. The van der Waals surface area contributed by atoms with Gasteiger partial charge in [0, 0.05) is 11.1 Å². The second kappa shape index (κ2) is 6.93. The summed E-state index contributed by atoms with van der Waals surface area (Å²) in [5.74, 6) is 0.630. The van der Waals surface area contributed by atoms with Gasteiger partial charge in [0.2, 0.25) is 5.89 Å². The molecular weight excluding hydrogens is 330 g/mol. The number of oxazole rings is 1. The van der Waals surface area contributed by atoms with Crippen molar-refractivity contribution in [3.63, 3.8) is 0 Å². The number of rotatable bonds is 5. The first-order chi connectivity index (χ1) is 11.6. The predicted molar refractivity (Wildman–Crippen MR) is 91.3 cm³/mol. The quantitative estimate of drug-likeness (QED) is 0.646. The standard InChI is InChI=1S/C18H16ClNO4/c1-3-23-17(21)10-16-20-15-6-4-5-13(18(15)24-16)12-8-7-11(22-2)9-14(12)19/h4-9H,3,10H2,1-2H3. The Kier molecular flexibility index (Phi) is 4.71. The molecular formula is C18H16ClNO4. The molecule has 1 aromatic heterocycles. The molecule has 0 unspecified atom stereocenters. The van der Waals surface area contributed by atoms with Gasteiger partial charge >= 0.3 is 5.97 Å². The highest BCUT2D eigenvalue weighted by molar-refractivity contribution is 6.33. The van der Waals surface area contributed by atoms with Crippen molar-refractivity contribution < 1.29 is 18.7 Å². The van der Waals surface area contributed by atoms with E-state index in [1.165, 1.54) is 0 Å². The molecule has 1 heterocycles. The molecule has 0 N–H and O–H groups in total. The Bertz CT molecular complexity index is 888. The Balaban J connectivity index is 2.03. The first-order valence-electron chi connectivity index (χ1n) is 7.50. The van der Waals surface area contributed by atoms with Gasteiger partial charge in [0.25, 0.3) is 0 Å². The second-order valence-corrected chi connectivity index (χ2v) is 5.50. The monoisotopic (exact) mass is 345 g/mol. The van der Waals surface area contributed by atoms with Crippen molar-refractivity contribution >= 4 is 28.7 Å². The maximum atomic E-state index is 11.6. The summed E-state index contributed by atoms with van der Waals surface area (Å²) in [5, 5.41) is 0.546. The molecule has 0 aliphatic rings. The van der Waals surface area contributed by atoms with E-state index in [-0.39, 0.29) is 12.4 Å². The normalized spacial score (nSPS) is 10.8.